The number of nitriles is 1. The van der Waals surface area contributed by atoms with E-state index < -0.39 is 6.09 Å². The van der Waals surface area contributed by atoms with Crippen molar-refractivity contribution in [2.75, 3.05) is 13.1 Å². The van der Waals surface area contributed by atoms with Crippen molar-refractivity contribution in [3.63, 3.8) is 0 Å². The van der Waals surface area contributed by atoms with Gasteiger partial charge in [0.1, 0.15) is 17.6 Å². The normalized spacial score (nSPS) is 15.9. The molecule has 1 aliphatic heterocycles. The molecule has 1 N–H and O–H groups in total. The van der Waals surface area contributed by atoms with E-state index in [1.165, 1.54) is 4.90 Å². The highest BCUT2D eigenvalue weighted by molar-refractivity contribution is 6.32. The Morgan fingerprint density at radius 3 is 2.55 bits per heavy atom. The number of amides is 1. The van der Waals surface area contributed by atoms with Crippen LogP contribution in [0, 0.1) is 11.3 Å². The van der Waals surface area contributed by atoms with Crippen LogP contribution in [-0.2, 0) is 0 Å². The zero-order valence-electron chi connectivity index (χ0n) is 16.7. The van der Waals surface area contributed by atoms with E-state index in [0.717, 1.165) is 24.2 Å². The molecule has 1 unspecified atom stereocenters. The Morgan fingerprint density at radius 1 is 1.16 bits per heavy atom. The average molecular weight is 434 g/mol. The number of carbonyl (C=O) groups is 1. The SMILES string of the molecule is N#Cc1c(Cl)cc(C2CCCN(C(=O)O)C2)nc1-c1ccc(Oc2ccccc2)cc1. The second-order valence-corrected chi connectivity index (χ2v) is 7.78. The van der Waals surface area contributed by atoms with Crippen molar-refractivity contribution in [2.45, 2.75) is 18.8 Å². The summed E-state index contributed by atoms with van der Waals surface area (Å²) in [4.78, 5) is 17.5. The molecule has 1 aromatic heterocycles. The second-order valence-electron chi connectivity index (χ2n) is 7.37. The Hall–Kier alpha value is -3.56. The lowest BCUT2D eigenvalue weighted by Crippen LogP contribution is -2.38. The molecule has 2 heterocycles. The van der Waals surface area contributed by atoms with Gasteiger partial charge in [-0.05, 0) is 55.3 Å². The average Bonchev–Trinajstić information content (AvgIpc) is 2.80. The first kappa shape index (κ1) is 20.7. The van der Waals surface area contributed by atoms with E-state index in [1.54, 1.807) is 6.07 Å². The molecule has 6 nitrogen and oxygen atoms in total. The molecule has 2 aromatic carbocycles. The van der Waals surface area contributed by atoms with Crippen LogP contribution in [0.4, 0.5) is 4.79 Å². The fraction of sp³-hybridized carbons (Fsp3) is 0.208. The molecule has 0 bridgehead atoms. The minimum atomic E-state index is -0.932. The Kier molecular flexibility index (Phi) is 6.06. The third-order valence-corrected chi connectivity index (χ3v) is 5.62. The van der Waals surface area contributed by atoms with E-state index in [9.17, 15) is 15.2 Å². The minimum Gasteiger partial charge on any atom is -0.465 e. The number of halogens is 1. The highest BCUT2D eigenvalue weighted by Crippen LogP contribution is 2.34. The van der Waals surface area contributed by atoms with Gasteiger partial charge in [0, 0.05) is 30.3 Å². The smallest absolute Gasteiger partial charge is 0.407 e. The van der Waals surface area contributed by atoms with Gasteiger partial charge in [-0.15, -0.1) is 0 Å². The molecule has 156 valence electrons. The Morgan fingerprint density at radius 2 is 1.87 bits per heavy atom. The van der Waals surface area contributed by atoms with Gasteiger partial charge in [-0.25, -0.2) is 4.79 Å². The second kappa shape index (κ2) is 9.07. The Bertz CT molecular complexity index is 1130. The first-order valence-corrected chi connectivity index (χ1v) is 10.3. The van der Waals surface area contributed by atoms with Crippen LogP contribution < -0.4 is 4.74 Å². The quantitative estimate of drug-likeness (QED) is 0.551. The molecular weight excluding hydrogens is 414 g/mol. The van der Waals surface area contributed by atoms with Crippen LogP contribution in [0.3, 0.4) is 0 Å². The van der Waals surface area contributed by atoms with Crippen molar-refractivity contribution in [2.24, 2.45) is 0 Å². The van der Waals surface area contributed by atoms with Crippen LogP contribution in [0.2, 0.25) is 5.02 Å². The lowest BCUT2D eigenvalue weighted by Gasteiger charge is -2.30. The van der Waals surface area contributed by atoms with Gasteiger partial charge in [0.15, 0.2) is 0 Å². The lowest BCUT2D eigenvalue weighted by atomic mass is 9.93. The largest absolute Gasteiger partial charge is 0.465 e. The van der Waals surface area contributed by atoms with Crippen molar-refractivity contribution < 1.29 is 14.6 Å². The standard InChI is InChI=1S/C24H20ClN3O3/c25-21-13-22(17-5-4-12-28(15-17)24(29)30)27-23(20(21)14-26)16-8-10-19(11-9-16)31-18-6-2-1-3-7-18/h1-3,6-11,13,17H,4-5,12,15H2,(H,29,30). The number of para-hydroxylation sites is 1. The summed E-state index contributed by atoms with van der Waals surface area (Å²) in [5.74, 6) is 1.34. The molecule has 1 saturated heterocycles. The van der Waals surface area contributed by atoms with Gasteiger partial charge in [-0.2, -0.15) is 5.26 Å². The first-order chi connectivity index (χ1) is 15.0. The van der Waals surface area contributed by atoms with Crippen molar-refractivity contribution >= 4 is 17.7 Å². The van der Waals surface area contributed by atoms with Crippen LogP contribution in [0.15, 0.2) is 60.7 Å². The molecule has 3 aromatic rings. The zero-order chi connectivity index (χ0) is 21.8. The maximum Gasteiger partial charge on any atom is 0.407 e. The van der Waals surface area contributed by atoms with E-state index in [0.29, 0.717) is 40.8 Å². The molecule has 0 saturated carbocycles. The summed E-state index contributed by atoms with van der Waals surface area (Å²) in [6.45, 7) is 0.888. The predicted molar refractivity (Wildman–Crippen MR) is 117 cm³/mol. The Labute approximate surface area is 185 Å². The molecule has 1 fully saturated rings. The van der Waals surface area contributed by atoms with Crippen molar-refractivity contribution in [3.05, 3.63) is 76.9 Å². The fourth-order valence-corrected chi connectivity index (χ4v) is 4.00. The van der Waals surface area contributed by atoms with Crippen LogP contribution in [0.1, 0.15) is 30.0 Å². The van der Waals surface area contributed by atoms with Gasteiger partial charge >= 0.3 is 6.09 Å². The monoisotopic (exact) mass is 433 g/mol. The number of likely N-dealkylation sites (tertiary alicyclic amines) is 1. The molecule has 0 radical (unpaired) electrons. The molecule has 31 heavy (non-hydrogen) atoms. The summed E-state index contributed by atoms with van der Waals surface area (Å²) in [7, 11) is 0. The number of hydrogen-bond donors (Lipinski definition) is 1. The summed E-state index contributed by atoms with van der Waals surface area (Å²) in [6, 6.07) is 20.6. The van der Waals surface area contributed by atoms with Gasteiger partial charge in [0.05, 0.1) is 16.3 Å². The van der Waals surface area contributed by atoms with E-state index in [4.69, 9.17) is 21.3 Å². The molecule has 7 heteroatoms. The van der Waals surface area contributed by atoms with E-state index in [2.05, 4.69) is 6.07 Å². The number of carboxylic acid groups (broad SMARTS) is 1. The van der Waals surface area contributed by atoms with Crippen LogP contribution in [-0.4, -0.2) is 34.2 Å². The molecule has 1 aliphatic rings. The molecule has 1 amide bonds. The fourth-order valence-electron chi connectivity index (χ4n) is 3.75. The third-order valence-electron chi connectivity index (χ3n) is 5.32. The summed E-state index contributed by atoms with van der Waals surface area (Å²) < 4.78 is 5.83. The maximum atomic E-state index is 11.4. The summed E-state index contributed by atoms with van der Waals surface area (Å²) in [6.07, 6.45) is 0.651. The van der Waals surface area contributed by atoms with Crippen LogP contribution in [0.5, 0.6) is 11.5 Å². The predicted octanol–water partition coefficient (Wildman–Crippen LogP) is 5.92. The zero-order valence-corrected chi connectivity index (χ0v) is 17.4. The van der Waals surface area contributed by atoms with Gasteiger partial charge < -0.3 is 14.7 Å². The van der Waals surface area contributed by atoms with E-state index in [1.807, 2.05) is 54.6 Å². The van der Waals surface area contributed by atoms with E-state index >= 15 is 0 Å². The number of aromatic nitrogens is 1. The first-order valence-electron chi connectivity index (χ1n) is 9.97. The molecule has 1 atom stereocenters. The van der Waals surface area contributed by atoms with E-state index in [-0.39, 0.29) is 5.92 Å². The summed E-state index contributed by atoms with van der Waals surface area (Å²) >= 11 is 6.42. The van der Waals surface area contributed by atoms with Crippen molar-refractivity contribution in [1.82, 2.24) is 9.88 Å². The lowest BCUT2D eigenvalue weighted by molar-refractivity contribution is 0.130. The molecule has 4 rings (SSSR count). The van der Waals surface area contributed by atoms with Crippen molar-refractivity contribution in [1.29, 1.82) is 5.26 Å². The molecular formula is C24H20ClN3O3. The third kappa shape index (κ3) is 4.62. The summed E-state index contributed by atoms with van der Waals surface area (Å²) in [5, 5.41) is 19.3. The minimum absolute atomic E-state index is 0.0606. The highest BCUT2D eigenvalue weighted by atomic mass is 35.5. The Balaban J connectivity index is 1.64. The molecule has 0 aliphatic carbocycles. The number of hydrogen-bond acceptors (Lipinski definition) is 4. The highest BCUT2D eigenvalue weighted by Gasteiger charge is 2.27. The maximum absolute atomic E-state index is 11.4. The number of pyridine rings is 1. The number of rotatable bonds is 4. The van der Waals surface area contributed by atoms with Crippen LogP contribution in [0.25, 0.3) is 11.3 Å². The van der Waals surface area contributed by atoms with Gasteiger partial charge in [0.2, 0.25) is 0 Å². The number of ether oxygens (including phenoxy) is 1. The number of piperidine rings is 1. The van der Waals surface area contributed by atoms with Crippen LogP contribution >= 0.6 is 11.6 Å². The molecule has 0 spiro atoms. The van der Waals surface area contributed by atoms with Gasteiger partial charge in [0.25, 0.3) is 0 Å². The number of benzene rings is 2. The van der Waals surface area contributed by atoms with Gasteiger partial charge in [-0.3, -0.25) is 4.98 Å². The van der Waals surface area contributed by atoms with Crippen molar-refractivity contribution in [3.8, 4) is 28.8 Å². The summed E-state index contributed by atoms with van der Waals surface area (Å²) in [5.41, 5.74) is 2.23. The number of nitrogens with zero attached hydrogens (tertiary/aromatic N) is 3. The topological polar surface area (TPSA) is 86.5 Å². The van der Waals surface area contributed by atoms with Gasteiger partial charge in [-0.1, -0.05) is 29.8 Å².